The second kappa shape index (κ2) is 9.37. The van der Waals surface area contributed by atoms with Crippen LogP contribution in [0, 0.1) is 0 Å². The zero-order chi connectivity index (χ0) is 18.2. The Bertz CT molecular complexity index is 570. The van der Waals surface area contributed by atoms with E-state index in [1.807, 2.05) is 0 Å². The first-order valence-electron chi connectivity index (χ1n) is 7.86. The Morgan fingerprint density at radius 1 is 1.21 bits per heavy atom. The molecule has 2 N–H and O–H groups in total. The van der Waals surface area contributed by atoms with Crippen molar-refractivity contribution in [1.82, 2.24) is 10.6 Å². The van der Waals surface area contributed by atoms with Gasteiger partial charge in [0.15, 0.2) is 0 Å². The quantitative estimate of drug-likeness (QED) is 0.735. The summed E-state index contributed by atoms with van der Waals surface area (Å²) in [6.07, 6.45) is -0.0605. The summed E-state index contributed by atoms with van der Waals surface area (Å²) in [5.74, 6) is 0.574. The van der Waals surface area contributed by atoms with Crippen molar-refractivity contribution >= 4 is 23.6 Å². The van der Waals surface area contributed by atoms with Crippen LogP contribution in [0.1, 0.15) is 39.7 Å². The highest BCUT2D eigenvalue weighted by Gasteiger charge is 2.15. The molecule has 0 saturated carbocycles. The maximum absolute atomic E-state index is 11.5. The predicted octanol–water partition coefficient (Wildman–Crippen LogP) is 3.27. The van der Waals surface area contributed by atoms with Gasteiger partial charge in [-0.3, -0.25) is 4.79 Å². The van der Waals surface area contributed by atoms with E-state index in [0.717, 1.165) is 5.56 Å². The van der Waals surface area contributed by atoms with E-state index in [9.17, 15) is 9.59 Å². The molecule has 0 radical (unpaired) electrons. The average molecular weight is 357 g/mol. The van der Waals surface area contributed by atoms with Crippen molar-refractivity contribution in [3.8, 4) is 5.75 Å². The van der Waals surface area contributed by atoms with Crippen LogP contribution < -0.4 is 15.4 Å². The number of alkyl carbamates (subject to hydrolysis) is 1. The maximum Gasteiger partial charge on any atom is 0.407 e. The van der Waals surface area contributed by atoms with Gasteiger partial charge >= 0.3 is 6.09 Å². The topological polar surface area (TPSA) is 76.7 Å². The van der Waals surface area contributed by atoms with Gasteiger partial charge in [0, 0.05) is 18.0 Å². The summed E-state index contributed by atoms with van der Waals surface area (Å²) in [6.45, 7) is 8.15. The van der Waals surface area contributed by atoms with E-state index in [4.69, 9.17) is 21.1 Å². The largest absolute Gasteiger partial charge is 0.492 e. The monoisotopic (exact) mass is 356 g/mol. The fourth-order valence-corrected chi connectivity index (χ4v) is 1.92. The number of carbonyl (C=O) groups is 2. The van der Waals surface area contributed by atoms with Crippen LogP contribution in [-0.2, 0) is 16.1 Å². The van der Waals surface area contributed by atoms with Gasteiger partial charge in [0.2, 0.25) is 5.91 Å². The van der Waals surface area contributed by atoms with Crippen LogP contribution in [-0.4, -0.2) is 30.8 Å². The number of nitrogens with one attached hydrogen (secondary N) is 2. The minimum absolute atomic E-state index is 0.0426. The van der Waals surface area contributed by atoms with E-state index in [1.54, 1.807) is 45.9 Å². The molecule has 0 aliphatic heterocycles. The molecule has 0 atom stereocenters. The fraction of sp³-hybridized carbons (Fsp3) is 0.529. The molecule has 7 heteroatoms. The number of ether oxygens (including phenoxy) is 2. The number of benzene rings is 1. The average Bonchev–Trinajstić information content (AvgIpc) is 2.49. The zero-order valence-electron chi connectivity index (χ0n) is 14.6. The lowest BCUT2D eigenvalue weighted by Gasteiger charge is -2.19. The second-order valence-electron chi connectivity index (χ2n) is 6.16. The van der Waals surface area contributed by atoms with Gasteiger partial charge in [-0.2, -0.15) is 0 Å². The number of carbonyl (C=O) groups excluding carboxylic acids is 2. The summed E-state index contributed by atoms with van der Waals surface area (Å²) in [4.78, 5) is 22.8. The Balaban J connectivity index is 2.43. The highest BCUT2D eigenvalue weighted by atomic mass is 35.5. The first-order chi connectivity index (χ1) is 11.2. The molecule has 2 amide bonds. The normalized spacial score (nSPS) is 10.9. The molecule has 1 rings (SSSR count). The molecule has 24 heavy (non-hydrogen) atoms. The Kier molecular flexibility index (Phi) is 7.85. The van der Waals surface area contributed by atoms with Gasteiger partial charge in [0.1, 0.15) is 18.0 Å². The van der Waals surface area contributed by atoms with Crippen LogP contribution in [0.2, 0.25) is 5.02 Å². The fourth-order valence-electron chi connectivity index (χ4n) is 1.73. The third-order valence-electron chi connectivity index (χ3n) is 2.85. The molecule has 0 saturated heterocycles. The number of halogens is 1. The molecule has 0 fully saturated rings. The van der Waals surface area contributed by atoms with Gasteiger partial charge in [-0.25, -0.2) is 4.79 Å². The highest BCUT2D eigenvalue weighted by Crippen LogP contribution is 2.22. The Morgan fingerprint density at radius 3 is 2.54 bits per heavy atom. The zero-order valence-corrected chi connectivity index (χ0v) is 15.3. The number of amides is 2. The molecule has 0 heterocycles. The Morgan fingerprint density at radius 2 is 1.92 bits per heavy atom. The van der Waals surface area contributed by atoms with E-state index in [0.29, 0.717) is 36.9 Å². The third-order valence-corrected chi connectivity index (χ3v) is 3.22. The first-order valence-corrected chi connectivity index (χ1v) is 8.24. The van der Waals surface area contributed by atoms with E-state index in [2.05, 4.69) is 10.6 Å². The molecular formula is C17H25ClN2O4. The maximum atomic E-state index is 11.5. The van der Waals surface area contributed by atoms with Crippen molar-refractivity contribution < 1.29 is 19.1 Å². The third kappa shape index (κ3) is 8.06. The van der Waals surface area contributed by atoms with Crippen LogP contribution in [0.25, 0.3) is 0 Å². The molecule has 1 aromatic carbocycles. The van der Waals surface area contributed by atoms with Crippen molar-refractivity contribution in [2.45, 2.75) is 46.3 Å². The molecule has 134 valence electrons. The van der Waals surface area contributed by atoms with Crippen molar-refractivity contribution in [2.75, 3.05) is 13.2 Å². The predicted molar refractivity (Wildman–Crippen MR) is 93.3 cm³/mol. The highest BCUT2D eigenvalue weighted by molar-refractivity contribution is 6.31. The van der Waals surface area contributed by atoms with Crippen molar-refractivity contribution in [1.29, 1.82) is 0 Å². The lowest BCUT2D eigenvalue weighted by molar-refractivity contribution is -0.120. The molecule has 0 aliphatic carbocycles. The van der Waals surface area contributed by atoms with Gasteiger partial charge in [0.25, 0.3) is 0 Å². The number of hydrogen-bond acceptors (Lipinski definition) is 4. The minimum Gasteiger partial charge on any atom is -0.492 e. The van der Waals surface area contributed by atoms with E-state index in [-0.39, 0.29) is 5.91 Å². The molecule has 0 spiro atoms. The van der Waals surface area contributed by atoms with Crippen molar-refractivity contribution in [3.63, 3.8) is 0 Å². The molecule has 6 nitrogen and oxygen atoms in total. The Labute approximate surface area is 147 Å². The standard InChI is InChI=1S/C17H25ClN2O4/c1-5-15(21)20-11-12-10-13(6-7-14(12)18)23-9-8-19-16(22)24-17(2,3)4/h6-7,10H,5,8-9,11H2,1-4H3,(H,19,22)(H,20,21). The van der Waals surface area contributed by atoms with Crippen LogP contribution in [0.15, 0.2) is 18.2 Å². The lowest BCUT2D eigenvalue weighted by Crippen LogP contribution is -2.34. The van der Waals surface area contributed by atoms with Crippen molar-refractivity contribution in [2.24, 2.45) is 0 Å². The van der Waals surface area contributed by atoms with E-state index >= 15 is 0 Å². The van der Waals surface area contributed by atoms with Gasteiger partial charge in [0.05, 0.1) is 6.54 Å². The number of rotatable bonds is 7. The van der Waals surface area contributed by atoms with Crippen LogP contribution in [0.4, 0.5) is 4.79 Å². The summed E-state index contributed by atoms with van der Waals surface area (Å²) in [5, 5.41) is 5.94. The summed E-state index contributed by atoms with van der Waals surface area (Å²) in [5.41, 5.74) is 0.245. The van der Waals surface area contributed by atoms with Gasteiger partial charge in [-0.05, 0) is 44.5 Å². The molecule has 0 unspecified atom stereocenters. The molecular weight excluding hydrogens is 332 g/mol. The molecule has 0 bridgehead atoms. The first kappa shape index (κ1) is 20.1. The van der Waals surface area contributed by atoms with Gasteiger partial charge < -0.3 is 20.1 Å². The summed E-state index contributed by atoms with van der Waals surface area (Å²) in [7, 11) is 0. The summed E-state index contributed by atoms with van der Waals surface area (Å²) in [6, 6.07) is 5.22. The molecule has 0 aromatic heterocycles. The second-order valence-corrected chi connectivity index (χ2v) is 6.57. The lowest BCUT2D eigenvalue weighted by atomic mass is 10.2. The van der Waals surface area contributed by atoms with Crippen molar-refractivity contribution in [3.05, 3.63) is 28.8 Å². The van der Waals surface area contributed by atoms with Crippen LogP contribution in [0.5, 0.6) is 5.75 Å². The van der Waals surface area contributed by atoms with Gasteiger partial charge in [-0.15, -0.1) is 0 Å². The smallest absolute Gasteiger partial charge is 0.407 e. The summed E-state index contributed by atoms with van der Waals surface area (Å²) >= 11 is 6.11. The summed E-state index contributed by atoms with van der Waals surface area (Å²) < 4.78 is 10.7. The van der Waals surface area contributed by atoms with Crippen LogP contribution in [0.3, 0.4) is 0 Å². The van der Waals surface area contributed by atoms with Crippen LogP contribution >= 0.6 is 11.6 Å². The van der Waals surface area contributed by atoms with E-state index < -0.39 is 11.7 Å². The minimum atomic E-state index is -0.529. The molecule has 1 aromatic rings. The Hall–Kier alpha value is -1.95. The van der Waals surface area contributed by atoms with Gasteiger partial charge in [-0.1, -0.05) is 18.5 Å². The molecule has 0 aliphatic rings. The number of hydrogen-bond donors (Lipinski definition) is 2. The SMILES string of the molecule is CCC(=O)NCc1cc(OCCNC(=O)OC(C)(C)C)ccc1Cl. The van der Waals surface area contributed by atoms with E-state index in [1.165, 1.54) is 0 Å².